The zero-order valence-corrected chi connectivity index (χ0v) is 18.8. The molecule has 1 aliphatic rings. The third kappa shape index (κ3) is 4.68. The summed E-state index contributed by atoms with van der Waals surface area (Å²) in [6.45, 7) is 3.49. The van der Waals surface area contributed by atoms with E-state index in [9.17, 15) is 8.42 Å². The molecule has 0 aliphatic carbocycles. The van der Waals surface area contributed by atoms with Crippen molar-refractivity contribution in [3.8, 4) is 11.6 Å². The molecule has 4 aromatic rings. The second kappa shape index (κ2) is 8.81. The fraction of sp³-hybridized carbons (Fsp3) is 0.217. The van der Waals surface area contributed by atoms with E-state index < -0.39 is 10.0 Å². The number of morpholine rings is 1. The van der Waals surface area contributed by atoms with Gasteiger partial charge in [0.15, 0.2) is 0 Å². The first-order valence-corrected chi connectivity index (χ1v) is 12.0. The number of aromatic amines is 1. The molecule has 2 aromatic carbocycles. The van der Waals surface area contributed by atoms with Crippen LogP contribution in [-0.4, -0.2) is 54.0 Å². The zero-order valence-electron chi connectivity index (χ0n) is 18.0. The number of sulfonamides is 1. The summed E-state index contributed by atoms with van der Waals surface area (Å²) in [7, 11) is -3.60. The summed E-state index contributed by atoms with van der Waals surface area (Å²) in [5.74, 6) is 1.33. The van der Waals surface area contributed by atoms with E-state index in [2.05, 4.69) is 20.3 Å². The molecule has 2 N–H and O–H groups in total. The van der Waals surface area contributed by atoms with Crippen molar-refractivity contribution in [3.63, 3.8) is 0 Å². The average Bonchev–Trinajstić information content (AvgIpc) is 3.19. The first-order valence-electron chi connectivity index (χ1n) is 10.5. The van der Waals surface area contributed by atoms with Crippen LogP contribution in [0.5, 0.6) is 11.6 Å². The highest BCUT2D eigenvalue weighted by molar-refractivity contribution is 7.89. The summed E-state index contributed by atoms with van der Waals surface area (Å²) in [4.78, 5) is 12.1. The molecule has 0 amide bonds. The van der Waals surface area contributed by atoms with E-state index in [4.69, 9.17) is 9.47 Å². The van der Waals surface area contributed by atoms with Gasteiger partial charge in [-0.2, -0.15) is 9.29 Å². The molecule has 0 saturated carbocycles. The van der Waals surface area contributed by atoms with Crippen LogP contribution in [0, 0.1) is 6.92 Å². The fourth-order valence-corrected chi connectivity index (χ4v) is 5.15. The van der Waals surface area contributed by atoms with Gasteiger partial charge >= 0.3 is 0 Å². The maximum atomic E-state index is 12.9. The summed E-state index contributed by atoms with van der Waals surface area (Å²) in [5.41, 5.74) is 2.68. The SMILES string of the molecule is Cc1cc2cc(Oc3ccnc(Nc4cccc(S(=O)(=O)N5CCOCC5)c4)n3)ccc2[nH]1. The Balaban J connectivity index is 1.33. The van der Waals surface area contributed by atoms with Crippen molar-refractivity contribution in [2.45, 2.75) is 11.8 Å². The molecule has 10 heteroatoms. The van der Waals surface area contributed by atoms with E-state index >= 15 is 0 Å². The molecule has 0 unspecified atom stereocenters. The monoisotopic (exact) mass is 465 g/mol. The average molecular weight is 466 g/mol. The van der Waals surface area contributed by atoms with Gasteiger partial charge in [0, 0.05) is 47.6 Å². The molecule has 170 valence electrons. The number of hydrogen-bond acceptors (Lipinski definition) is 7. The van der Waals surface area contributed by atoms with Gasteiger partial charge in [0.05, 0.1) is 18.1 Å². The number of anilines is 2. The predicted molar refractivity (Wildman–Crippen MR) is 124 cm³/mol. The molecular formula is C23H23N5O4S. The van der Waals surface area contributed by atoms with Gasteiger partial charge in [-0.1, -0.05) is 6.07 Å². The summed E-state index contributed by atoms with van der Waals surface area (Å²) in [6.07, 6.45) is 1.58. The highest BCUT2D eigenvalue weighted by Gasteiger charge is 2.26. The second-order valence-corrected chi connectivity index (χ2v) is 9.63. The quantitative estimate of drug-likeness (QED) is 0.445. The Bertz CT molecular complexity index is 1400. The minimum Gasteiger partial charge on any atom is -0.439 e. The van der Waals surface area contributed by atoms with Gasteiger partial charge in [0.25, 0.3) is 0 Å². The van der Waals surface area contributed by atoms with Crippen molar-refractivity contribution in [2.24, 2.45) is 0 Å². The van der Waals surface area contributed by atoms with Crippen molar-refractivity contribution in [3.05, 3.63) is 66.5 Å². The third-order valence-electron chi connectivity index (χ3n) is 5.28. The van der Waals surface area contributed by atoms with Gasteiger partial charge in [0.2, 0.25) is 21.9 Å². The Hall–Kier alpha value is -3.47. The van der Waals surface area contributed by atoms with Crippen LogP contribution in [0.4, 0.5) is 11.6 Å². The largest absolute Gasteiger partial charge is 0.439 e. The first kappa shape index (κ1) is 21.4. The molecule has 2 aromatic heterocycles. The smallest absolute Gasteiger partial charge is 0.243 e. The minimum absolute atomic E-state index is 0.205. The van der Waals surface area contributed by atoms with Crippen LogP contribution in [0.2, 0.25) is 0 Å². The van der Waals surface area contributed by atoms with E-state index in [1.54, 1.807) is 36.5 Å². The van der Waals surface area contributed by atoms with Crippen molar-refractivity contribution in [1.29, 1.82) is 0 Å². The lowest BCUT2D eigenvalue weighted by molar-refractivity contribution is 0.0730. The van der Waals surface area contributed by atoms with Gasteiger partial charge < -0.3 is 19.8 Å². The second-order valence-electron chi connectivity index (χ2n) is 7.69. The van der Waals surface area contributed by atoms with Gasteiger partial charge in [-0.15, -0.1) is 0 Å². The lowest BCUT2D eigenvalue weighted by Gasteiger charge is -2.26. The number of rotatable bonds is 6. The normalized spacial score (nSPS) is 14.9. The van der Waals surface area contributed by atoms with Gasteiger partial charge in [-0.25, -0.2) is 13.4 Å². The summed E-state index contributed by atoms with van der Waals surface area (Å²) < 4.78 is 38.5. The Morgan fingerprint density at radius 1 is 1.09 bits per heavy atom. The Morgan fingerprint density at radius 3 is 2.79 bits per heavy atom. The van der Waals surface area contributed by atoms with E-state index in [0.29, 0.717) is 49.6 Å². The van der Waals surface area contributed by atoms with Crippen LogP contribution in [-0.2, 0) is 14.8 Å². The molecule has 5 rings (SSSR count). The number of nitrogens with zero attached hydrogens (tertiary/aromatic N) is 3. The van der Waals surface area contributed by atoms with Gasteiger partial charge in [0.1, 0.15) is 5.75 Å². The molecule has 0 radical (unpaired) electrons. The number of fused-ring (bicyclic) bond motifs is 1. The number of nitrogens with one attached hydrogen (secondary N) is 2. The van der Waals surface area contributed by atoms with Crippen molar-refractivity contribution in [2.75, 3.05) is 31.6 Å². The number of aromatic nitrogens is 3. The van der Waals surface area contributed by atoms with Crippen molar-refractivity contribution in [1.82, 2.24) is 19.3 Å². The summed E-state index contributed by atoms with van der Waals surface area (Å²) >= 11 is 0. The molecule has 1 saturated heterocycles. The number of hydrogen-bond donors (Lipinski definition) is 2. The minimum atomic E-state index is -3.60. The maximum absolute atomic E-state index is 12.9. The van der Waals surface area contributed by atoms with Crippen LogP contribution in [0.3, 0.4) is 0 Å². The topological polar surface area (TPSA) is 109 Å². The van der Waals surface area contributed by atoms with Crippen LogP contribution in [0.25, 0.3) is 10.9 Å². The van der Waals surface area contributed by atoms with E-state index in [1.165, 1.54) is 4.31 Å². The van der Waals surface area contributed by atoms with E-state index in [0.717, 1.165) is 16.6 Å². The van der Waals surface area contributed by atoms with Crippen LogP contribution >= 0.6 is 0 Å². The highest BCUT2D eigenvalue weighted by atomic mass is 32.2. The van der Waals surface area contributed by atoms with Crippen molar-refractivity contribution >= 4 is 32.6 Å². The van der Waals surface area contributed by atoms with Crippen molar-refractivity contribution < 1.29 is 17.9 Å². The maximum Gasteiger partial charge on any atom is 0.243 e. The first-order chi connectivity index (χ1) is 16.0. The number of benzene rings is 2. The summed E-state index contributed by atoms with van der Waals surface area (Å²) in [5, 5.41) is 4.12. The zero-order chi connectivity index (χ0) is 22.8. The molecule has 1 fully saturated rings. The van der Waals surface area contributed by atoms with Crippen LogP contribution in [0.1, 0.15) is 5.69 Å². The van der Waals surface area contributed by atoms with Crippen LogP contribution in [0.15, 0.2) is 65.7 Å². The van der Waals surface area contributed by atoms with E-state index in [1.807, 2.05) is 31.2 Å². The molecule has 3 heterocycles. The Morgan fingerprint density at radius 2 is 1.94 bits per heavy atom. The fourth-order valence-electron chi connectivity index (χ4n) is 3.70. The van der Waals surface area contributed by atoms with Crippen LogP contribution < -0.4 is 10.1 Å². The lowest BCUT2D eigenvalue weighted by Crippen LogP contribution is -2.40. The van der Waals surface area contributed by atoms with Gasteiger partial charge in [-0.3, -0.25) is 0 Å². The standard InChI is InChI=1S/C23H23N5O4S/c1-16-13-17-14-19(5-6-21(17)25-16)32-22-7-8-24-23(27-22)26-18-3-2-4-20(15-18)33(29,30)28-9-11-31-12-10-28/h2-8,13-15,25H,9-12H2,1H3,(H,24,26,27). The molecular weight excluding hydrogens is 442 g/mol. The molecule has 1 aliphatic heterocycles. The number of ether oxygens (including phenoxy) is 2. The number of H-pyrrole nitrogens is 1. The predicted octanol–water partition coefficient (Wildman–Crippen LogP) is 3.82. The lowest BCUT2D eigenvalue weighted by atomic mass is 10.2. The Labute approximate surface area is 191 Å². The Kier molecular flexibility index (Phi) is 5.71. The summed E-state index contributed by atoms with van der Waals surface area (Å²) in [6, 6.07) is 16.1. The molecule has 0 bridgehead atoms. The molecule has 0 atom stereocenters. The number of aryl methyl sites for hydroxylation is 1. The highest BCUT2D eigenvalue weighted by Crippen LogP contribution is 2.26. The molecule has 9 nitrogen and oxygen atoms in total. The third-order valence-corrected chi connectivity index (χ3v) is 7.17. The van der Waals surface area contributed by atoms with Gasteiger partial charge in [-0.05, 0) is 49.4 Å². The molecule has 33 heavy (non-hydrogen) atoms. The van der Waals surface area contributed by atoms with E-state index in [-0.39, 0.29) is 4.90 Å². The molecule has 0 spiro atoms.